The van der Waals surface area contributed by atoms with Crippen molar-refractivity contribution in [1.29, 1.82) is 0 Å². The molecule has 0 fully saturated rings. The fourth-order valence-corrected chi connectivity index (χ4v) is 2.63. The van der Waals surface area contributed by atoms with Crippen molar-refractivity contribution in [1.82, 2.24) is 9.88 Å². The number of hydrogen-bond acceptors (Lipinski definition) is 5. The van der Waals surface area contributed by atoms with Crippen LogP contribution < -0.4 is 10.5 Å². The molecule has 5 nitrogen and oxygen atoms in total. The van der Waals surface area contributed by atoms with E-state index in [1.807, 2.05) is 19.2 Å². The van der Waals surface area contributed by atoms with Crippen LogP contribution in [-0.2, 0) is 6.54 Å². The molecule has 0 atom stereocenters. The summed E-state index contributed by atoms with van der Waals surface area (Å²) in [5.74, 6) is 0.322. The maximum Gasteiger partial charge on any atom is 0.257 e. The van der Waals surface area contributed by atoms with E-state index in [2.05, 4.69) is 4.98 Å². The van der Waals surface area contributed by atoms with Crippen molar-refractivity contribution in [3.8, 4) is 5.75 Å². The fraction of sp³-hybridized carbons (Fsp3) is 0.333. The Kier molecular flexibility index (Phi) is 4.80. The molecule has 1 heterocycles. The van der Waals surface area contributed by atoms with Crippen molar-refractivity contribution >= 4 is 22.9 Å². The predicted octanol–water partition coefficient (Wildman–Crippen LogP) is 2.70. The number of nitrogen functional groups attached to an aromatic ring is 1. The van der Waals surface area contributed by atoms with Crippen LogP contribution in [0.5, 0.6) is 5.75 Å². The number of carbonyl (C=O) groups is 1. The molecule has 1 aromatic carbocycles. The van der Waals surface area contributed by atoms with Gasteiger partial charge >= 0.3 is 0 Å². The molecule has 0 saturated heterocycles. The molecule has 0 unspecified atom stereocenters. The van der Waals surface area contributed by atoms with Gasteiger partial charge in [-0.15, -0.1) is 11.3 Å². The van der Waals surface area contributed by atoms with E-state index in [1.165, 1.54) is 0 Å². The monoisotopic (exact) mass is 305 g/mol. The molecule has 6 heteroatoms. The van der Waals surface area contributed by atoms with Gasteiger partial charge in [0.25, 0.3) is 5.91 Å². The number of aryl methyl sites for hydroxylation is 1. The fourth-order valence-electron chi connectivity index (χ4n) is 2.03. The van der Waals surface area contributed by atoms with E-state index in [9.17, 15) is 4.79 Å². The SMILES string of the molecule is CCOc1c(N)cccc1C(=O)N(C)Cc1csc(C)n1. The van der Waals surface area contributed by atoms with E-state index < -0.39 is 0 Å². The average molecular weight is 305 g/mol. The molecule has 0 saturated carbocycles. The summed E-state index contributed by atoms with van der Waals surface area (Å²) < 4.78 is 5.51. The highest BCUT2D eigenvalue weighted by atomic mass is 32.1. The molecule has 1 aromatic heterocycles. The van der Waals surface area contributed by atoms with E-state index in [0.29, 0.717) is 30.2 Å². The summed E-state index contributed by atoms with van der Waals surface area (Å²) in [7, 11) is 1.75. The van der Waals surface area contributed by atoms with Gasteiger partial charge in [-0.2, -0.15) is 0 Å². The maximum absolute atomic E-state index is 12.6. The molecule has 0 bridgehead atoms. The van der Waals surface area contributed by atoms with Crippen LogP contribution in [0, 0.1) is 6.92 Å². The van der Waals surface area contributed by atoms with Crippen LogP contribution in [0.3, 0.4) is 0 Å². The number of rotatable bonds is 5. The number of aromatic nitrogens is 1. The van der Waals surface area contributed by atoms with Gasteiger partial charge in [0.2, 0.25) is 0 Å². The quantitative estimate of drug-likeness (QED) is 0.862. The van der Waals surface area contributed by atoms with Crippen molar-refractivity contribution in [2.45, 2.75) is 20.4 Å². The van der Waals surface area contributed by atoms with Crippen molar-refractivity contribution in [3.05, 3.63) is 39.8 Å². The number of anilines is 1. The number of benzene rings is 1. The van der Waals surface area contributed by atoms with Gasteiger partial charge in [-0.3, -0.25) is 4.79 Å². The van der Waals surface area contributed by atoms with Gasteiger partial charge in [-0.05, 0) is 26.0 Å². The van der Waals surface area contributed by atoms with Crippen molar-refractivity contribution in [2.75, 3.05) is 19.4 Å². The highest BCUT2D eigenvalue weighted by Crippen LogP contribution is 2.27. The first-order valence-electron chi connectivity index (χ1n) is 6.70. The van der Waals surface area contributed by atoms with Crippen LogP contribution in [0.2, 0.25) is 0 Å². The topological polar surface area (TPSA) is 68.5 Å². The Labute approximate surface area is 128 Å². The maximum atomic E-state index is 12.6. The highest BCUT2D eigenvalue weighted by Gasteiger charge is 2.19. The molecule has 112 valence electrons. The summed E-state index contributed by atoms with van der Waals surface area (Å²) in [5, 5.41) is 2.95. The number of carbonyl (C=O) groups excluding carboxylic acids is 1. The van der Waals surface area contributed by atoms with Crippen molar-refractivity contribution in [2.24, 2.45) is 0 Å². The lowest BCUT2D eigenvalue weighted by atomic mass is 10.1. The van der Waals surface area contributed by atoms with Crippen LogP contribution in [0.25, 0.3) is 0 Å². The second-order valence-corrected chi connectivity index (χ2v) is 5.74. The lowest BCUT2D eigenvalue weighted by Gasteiger charge is -2.19. The molecular weight excluding hydrogens is 286 g/mol. The number of para-hydroxylation sites is 1. The molecular formula is C15H19N3O2S. The Bertz CT molecular complexity index is 640. The minimum absolute atomic E-state index is 0.128. The smallest absolute Gasteiger partial charge is 0.257 e. The van der Waals surface area contributed by atoms with Crippen LogP contribution in [0.15, 0.2) is 23.6 Å². The average Bonchev–Trinajstić information content (AvgIpc) is 2.85. The van der Waals surface area contributed by atoms with Gasteiger partial charge in [-0.25, -0.2) is 4.98 Å². The van der Waals surface area contributed by atoms with Gasteiger partial charge < -0.3 is 15.4 Å². The Morgan fingerprint density at radius 2 is 2.24 bits per heavy atom. The van der Waals surface area contributed by atoms with E-state index in [0.717, 1.165) is 10.7 Å². The first-order chi connectivity index (χ1) is 10.0. The Hall–Kier alpha value is -2.08. The van der Waals surface area contributed by atoms with E-state index in [-0.39, 0.29) is 5.91 Å². The lowest BCUT2D eigenvalue weighted by Crippen LogP contribution is -2.27. The lowest BCUT2D eigenvalue weighted by molar-refractivity contribution is 0.0779. The minimum atomic E-state index is -0.128. The van der Waals surface area contributed by atoms with Gasteiger partial charge in [0.05, 0.1) is 35.1 Å². The van der Waals surface area contributed by atoms with E-state index in [1.54, 1.807) is 41.5 Å². The normalized spacial score (nSPS) is 10.4. The third-order valence-corrected chi connectivity index (χ3v) is 3.80. The molecule has 2 rings (SSSR count). The third kappa shape index (κ3) is 3.52. The standard InChI is InChI=1S/C15H19N3O2S/c1-4-20-14-12(6-5-7-13(14)16)15(19)18(3)8-11-9-21-10(2)17-11/h5-7,9H,4,8,16H2,1-3H3. The zero-order chi connectivity index (χ0) is 15.4. The zero-order valence-electron chi connectivity index (χ0n) is 12.4. The molecule has 0 spiro atoms. The molecule has 21 heavy (non-hydrogen) atoms. The summed E-state index contributed by atoms with van der Waals surface area (Å²) in [6.45, 7) is 4.73. The molecule has 0 aliphatic heterocycles. The van der Waals surface area contributed by atoms with Gasteiger partial charge in [0.15, 0.2) is 5.75 Å². The third-order valence-electron chi connectivity index (χ3n) is 2.98. The van der Waals surface area contributed by atoms with Gasteiger partial charge in [0, 0.05) is 12.4 Å². The number of nitrogens with two attached hydrogens (primary N) is 1. The molecule has 0 aliphatic rings. The first kappa shape index (κ1) is 15.3. The van der Waals surface area contributed by atoms with Crippen molar-refractivity contribution in [3.63, 3.8) is 0 Å². The minimum Gasteiger partial charge on any atom is -0.491 e. The van der Waals surface area contributed by atoms with Crippen LogP contribution in [0.1, 0.15) is 28.0 Å². The van der Waals surface area contributed by atoms with E-state index >= 15 is 0 Å². The molecule has 0 radical (unpaired) electrons. The largest absolute Gasteiger partial charge is 0.491 e. The Balaban J connectivity index is 2.21. The number of amides is 1. The zero-order valence-corrected chi connectivity index (χ0v) is 13.2. The predicted molar refractivity (Wildman–Crippen MR) is 84.7 cm³/mol. The summed E-state index contributed by atoms with van der Waals surface area (Å²) in [6.07, 6.45) is 0. The summed E-state index contributed by atoms with van der Waals surface area (Å²) in [5.41, 5.74) is 7.73. The molecule has 2 N–H and O–H groups in total. The molecule has 0 aliphatic carbocycles. The highest BCUT2D eigenvalue weighted by molar-refractivity contribution is 7.09. The van der Waals surface area contributed by atoms with Gasteiger partial charge in [-0.1, -0.05) is 6.07 Å². The van der Waals surface area contributed by atoms with Crippen molar-refractivity contribution < 1.29 is 9.53 Å². The Morgan fingerprint density at radius 3 is 2.86 bits per heavy atom. The second-order valence-electron chi connectivity index (χ2n) is 4.68. The Morgan fingerprint density at radius 1 is 1.48 bits per heavy atom. The number of nitrogens with zero attached hydrogens (tertiary/aromatic N) is 2. The number of hydrogen-bond donors (Lipinski definition) is 1. The van der Waals surface area contributed by atoms with Gasteiger partial charge in [0.1, 0.15) is 0 Å². The van der Waals surface area contributed by atoms with E-state index in [4.69, 9.17) is 10.5 Å². The summed E-state index contributed by atoms with van der Waals surface area (Å²) in [4.78, 5) is 18.6. The molecule has 2 aromatic rings. The first-order valence-corrected chi connectivity index (χ1v) is 7.58. The number of ether oxygens (including phenoxy) is 1. The summed E-state index contributed by atoms with van der Waals surface area (Å²) >= 11 is 1.57. The second kappa shape index (κ2) is 6.58. The van der Waals surface area contributed by atoms with Crippen LogP contribution >= 0.6 is 11.3 Å². The summed E-state index contributed by atoms with van der Waals surface area (Å²) in [6, 6.07) is 5.21. The van der Waals surface area contributed by atoms with Crippen LogP contribution in [0.4, 0.5) is 5.69 Å². The molecule has 1 amide bonds. The number of thiazole rings is 1. The van der Waals surface area contributed by atoms with Crippen LogP contribution in [-0.4, -0.2) is 29.4 Å².